The fraction of sp³-hybridized carbons (Fsp3) is 0.938. The number of sulfone groups is 1. The van der Waals surface area contributed by atoms with Crippen LogP contribution in [0.2, 0.25) is 0 Å². The van der Waals surface area contributed by atoms with Crippen LogP contribution < -0.4 is 0 Å². The minimum atomic E-state index is -3.46. The Kier molecular flexibility index (Phi) is 6.72. The highest BCUT2D eigenvalue weighted by Crippen LogP contribution is 2.57. The lowest BCUT2D eigenvalue weighted by Crippen LogP contribution is -2.45. The Hall–Kier alpha value is 1.02. The van der Waals surface area contributed by atoms with E-state index in [1.54, 1.807) is 0 Å². The van der Waals surface area contributed by atoms with Gasteiger partial charge in [-0.15, -0.1) is 0 Å². The van der Waals surface area contributed by atoms with Crippen molar-refractivity contribution in [2.75, 3.05) is 13.1 Å². The predicted molar refractivity (Wildman–Crippen MR) is 108 cm³/mol. The van der Waals surface area contributed by atoms with Crippen molar-refractivity contribution < 1.29 is 17.7 Å². The number of quaternary nitrogens is 1. The van der Waals surface area contributed by atoms with E-state index >= 15 is 0 Å². The smallest absolute Gasteiger partial charge is 0.239 e. The van der Waals surface area contributed by atoms with Gasteiger partial charge in [-0.25, -0.2) is 17.7 Å². The number of amides is 1. The summed E-state index contributed by atoms with van der Waals surface area (Å²) in [4.78, 5) is 13.0. The van der Waals surface area contributed by atoms with Crippen molar-refractivity contribution in [2.24, 2.45) is 0 Å². The van der Waals surface area contributed by atoms with Gasteiger partial charge in [0.1, 0.15) is 0 Å². The maximum absolute atomic E-state index is 13.0. The summed E-state index contributed by atoms with van der Waals surface area (Å²) >= 11 is 9.53. The van der Waals surface area contributed by atoms with Crippen LogP contribution in [0.25, 0.3) is 0 Å². The Bertz CT molecular complexity index is 580. The highest BCUT2D eigenvalue weighted by Gasteiger charge is 2.80. The quantitative estimate of drug-likeness (QED) is 0.258. The normalized spacial score (nSPS) is 29.9. The van der Waals surface area contributed by atoms with E-state index in [9.17, 15) is 13.2 Å². The first-order chi connectivity index (χ1) is 11.1. The van der Waals surface area contributed by atoms with E-state index in [1.807, 2.05) is 0 Å². The largest absolute Gasteiger partial charge is 0.376 e. The van der Waals surface area contributed by atoms with Gasteiger partial charge in [-0.2, -0.15) is 0 Å². The molecule has 0 aromatic heterocycles. The van der Waals surface area contributed by atoms with Crippen molar-refractivity contribution >= 4 is 63.5 Å². The molecule has 2 aliphatic rings. The molecule has 1 aliphatic carbocycles. The molecule has 0 radical (unpaired) electrons. The van der Waals surface area contributed by atoms with Gasteiger partial charge in [0.25, 0.3) is 0 Å². The molecular formula is C16H27Br3NO3S+. The van der Waals surface area contributed by atoms with E-state index in [0.29, 0.717) is 17.3 Å². The number of unbranched alkanes of at least 4 members (excludes halogenated alkanes) is 2. The molecule has 1 aliphatic heterocycles. The topological polar surface area (TPSA) is 51.2 Å². The number of hydrogen-bond acceptors (Lipinski definition) is 3. The van der Waals surface area contributed by atoms with Crippen LogP contribution in [0.4, 0.5) is 0 Å². The summed E-state index contributed by atoms with van der Waals surface area (Å²) in [5.41, 5.74) is -0.446. The summed E-state index contributed by atoms with van der Waals surface area (Å²) in [5.74, 6) is 0.286. The van der Waals surface area contributed by atoms with Crippen LogP contribution in [-0.2, 0) is 14.6 Å². The van der Waals surface area contributed by atoms with Gasteiger partial charge in [0.15, 0.2) is 9.84 Å². The molecule has 4 nitrogen and oxygen atoms in total. The van der Waals surface area contributed by atoms with Crippen LogP contribution in [0, 0.1) is 0 Å². The van der Waals surface area contributed by atoms with Crippen LogP contribution in [0.3, 0.4) is 0 Å². The molecule has 0 N–H and O–H groups in total. The molecule has 0 bridgehead atoms. The Morgan fingerprint density at radius 1 is 1.17 bits per heavy atom. The summed E-state index contributed by atoms with van der Waals surface area (Å²) in [6.45, 7) is 6.01. The molecule has 2 rings (SSSR count). The minimum absolute atomic E-state index is 0.286. The molecule has 0 aromatic carbocycles. The van der Waals surface area contributed by atoms with E-state index in [1.165, 1.54) is 0 Å². The number of hydrogen-bond donors (Lipinski definition) is 0. The lowest BCUT2D eigenvalue weighted by molar-refractivity contribution is -0.799. The van der Waals surface area contributed by atoms with E-state index in [2.05, 4.69) is 61.6 Å². The number of carbonyl (C=O) groups is 1. The van der Waals surface area contributed by atoms with E-state index in [4.69, 9.17) is 0 Å². The highest BCUT2D eigenvalue weighted by molar-refractivity contribution is 9.42. The maximum atomic E-state index is 13.0. The monoisotopic (exact) mass is 550 g/mol. The second-order valence-electron chi connectivity index (χ2n) is 7.17. The second kappa shape index (κ2) is 7.56. The molecule has 8 heteroatoms. The SMILES string of the molecule is CCCC[N+]1(CCCC)C(=O)C12CCCC(S(=O)(=O)C(Br)(Br)Br)C2. The van der Waals surface area contributed by atoms with Crippen LogP contribution in [-0.4, -0.2) is 44.2 Å². The zero-order valence-corrected chi connectivity index (χ0v) is 19.9. The van der Waals surface area contributed by atoms with E-state index in [0.717, 1.165) is 51.6 Å². The van der Waals surface area contributed by atoms with Crippen LogP contribution in [0.15, 0.2) is 0 Å². The molecule has 2 atom stereocenters. The molecule has 2 fully saturated rings. The summed E-state index contributed by atoms with van der Waals surface area (Å²) in [6, 6.07) is 0. The third-order valence-electron chi connectivity index (χ3n) is 5.79. The standard InChI is InChI=1S/C16H27Br3NO3S/c1-3-5-10-20(11-6-4-2)14(21)15(20)9-7-8-13(12-15)24(22,23)16(17,18)19/h13H,3-12H2,1-2H3/q+1. The zero-order valence-electron chi connectivity index (χ0n) is 14.4. The van der Waals surface area contributed by atoms with Crippen molar-refractivity contribution in [3.05, 3.63) is 0 Å². The van der Waals surface area contributed by atoms with Gasteiger partial charge in [0, 0.05) is 12.8 Å². The van der Waals surface area contributed by atoms with Crippen molar-refractivity contribution in [3.63, 3.8) is 0 Å². The first-order valence-corrected chi connectivity index (χ1v) is 12.7. The van der Waals surface area contributed by atoms with Gasteiger partial charge >= 0.3 is 5.91 Å². The number of carbonyl (C=O) groups excluding carboxylic acids is 1. The van der Waals surface area contributed by atoms with Crippen LogP contribution >= 0.6 is 47.8 Å². The summed E-state index contributed by atoms with van der Waals surface area (Å²) in [5, 5.41) is -0.489. The third kappa shape index (κ3) is 3.43. The Labute approximate surface area is 171 Å². The number of nitrogens with zero attached hydrogens (tertiary/aromatic N) is 1. The first-order valence-electron chi connectivity index (χ1n) is 8.81. The molecule has 2 unspecified atom stereocenters. The number of rotatable bonds is 7. The van der Waals surface area contributed by atoms with Gasteiger partial charge < -0.3 is 0 Å². The Morgan fingerprint density at radius 2 is 1.71 bits per heavy atom. The van der Waals surface area contributed by atoms with Gasteiger partial charge in [-0.1, -0.05) is 26.7 Å². The van der Waals surface area contributed by atoms with Crippen molar-refractivity contribution in [1.82, 2.24) is 0 Å². The fourth-order valence-electron chi connectivity index (χ4n) is 4.36. The average molecular weight is 553 g/mol. The van der Waals surface area contributed by atoms with Crippen molar-refractivity contribution in [1.29, 1.82) is 0 Å². The fourth-order valence-corrected chi connectivity index (χ4v) is 8.09. The summed E-state index contributed by atoms with van der Waals surface area (Å²) < 4.78 is 24.8. The first kappa shape index (κ1) is 21.3. The van der Waals surface area contributed by atoms with Crippen molar-refractivity contribution in [2.45, 2.75) is 77.5 Å². The van der Waals surface area contributed by atoms with Gasteiger partial charge in [0.2, 0.25) is 7.01 Å². The number of halogens is 3. The van der Waals surface area contributed by atoms with E-state index < -0.39 is 22.1 Å². The molecule has 0 aromatic rings. The number of alkyl halides is 3. The highest BCUT2D eigenvalue weighted by atomic mass is 80.0. The summed E-state index contributed by atoms with van der Waals surface area (Å²) in [7, 11) is -3.46. The van der Waals surface area contributed by atoms with Gasteiger partial charge in [-0.3, -0.25) is 0 Å². The van der Waals surface area contributed by atoms with Gasteiger partial charge in [0.05, 0.1) is 18.3 Å². The lowest BCUT2D eigenvalue weighted by atomic mass is 9.87. The molecule has 1 heterocycles. The molecule has 1 amide bonds. The predicted octanol–water partition coefficient (Wildman–Crippen LogP) is 4.84. The molecule has 1 spiro atoms. The lowest BCUT2D eigenvalue weighted by Gasteiger charge is -2.32. The average Bonchev–Trinajstić information content (AvgIpc) is 2.98. The van der Waals surface area contributed by atoms with Crippen LogP contribution in [0.1, 0.15) is 65.2 Å². The third-order valence-corrected chi connectivity index (χ3v) is 11.8. The van der Waals surface area contributed by atoms with E-state index in [-0.39, 0.29) is 5.91 Å². The second-order valence-corrected chi connectivity index (χ2v) is 17.9. The zero-order chi connectivity index (χ0) is 18.2. The molecule has 1 saturated carbocycles. The molecule has 1 saturated heterocycles. The minimum Gasteiger partial charge on any atom is -0.239 e. The maximum Gasteiger partial charge on any atom is 0.376 e. The van der Waals surface area contributed by atoms with Crippen molar-refractivity contribution in [3.8, 4) is 0 Å². The molecule has 24 heavy (non-hydrogen) atoms. The Balaban J connectivity index is 2.27. The van der Waals surface area contributed by atoms with Crippen LogP contribution in [0.5, 0.6) is 0 Å². The summed E-state index contributed by atoms with van der Waals surface area (Å²) in [6.07, 6.45) is 6.90. The van der Waals surface area contributed by atoms with Gasteiger partial charge in [-0.05, 0) is 73.5 Å². The molecule has 140 valence electrons. The Morgan fingerprint density at radius 3 is 2.17 bits per heavy atom. The molecular weight excluding hydrogens is 526 g/mol.